The topological polar surface area (TPSA) is 33.3 Å². The van der Waals surface area contributed by atoms with Gasteiger partial charge in [-0.25, -0.2) is 8.78 Å². The van der Waals surface area contributed by atoms with Gasteiger partial charge in [-0.3, -0.25) is 0 Å². The molecular formula is C14H26F2N2O. The lowest BCUT2D eigenvalue weighted by atomic mass is 9.88. The monoisotopic (exact) mass is 276 g/mol. The minimum absolute atomic E-state index is 0.381. The molecule has 112 valence electrons. The van der Waals surface area contributed by atoms with Crippen LogP contribution in [0.15, 0.2) is 0 Å². The second-order valence-electron chi connectivity index (χ2n) is 5.68. The fourth-order valence-electron chi connectivity index (χ4n) is 3.46. The molecule has 2 fully saturated rings. The molecule has 1 saturated carbocycles. The molecule has 3 nitrogen and oxygen atoms in total. The average molecular weight is 276 g/mol. The normalized spacial score (nSPS) is 32.1. The Kier molecular flexibility index (Phi) is 6.47. The van der Waals surface area contributed by atoms with E-state index >= 15 is 0 Å². The van der Waals surface area contributed by atoms with Gasteiger partial charge in [0.1, 0.15) is 6.61 Å². The molecule has 1 heterocycles. The Labute approximate surface area is 114 Å². The Morgan fingerprint density at radius 3 is 2.79 bits per heavy atom. The summed E-state index contributed by atoms with van der Waals surface area (Å²) in [5, 5.41) is 7.13. The molecule has 3 unspecified atom stereocenters. The Morgan fingerprint density at radius 1 is 1.16 bits per heavy atom. The zero-order valence-electron chi connectivity index (χ0n) is 11.5. The number of nitrogens with one attached hydrogen (secondary N) is 2. The van der Waals surface area contributed by atoms with E-state index in [1.165, 1.54) is 38.5 Å². The Hall–Kier alpha value is -0.260. The summed E-state index contributed by atoms with van der Waals surface area (Å²) in [6.07, 6.45) is 5.32. The van der Waals surface area contributed by atoms with E-state index < -0.39 is 13.0 Å². The van der Waals surface area contributed by atoms with Gasteiger partial charge in [-0.2, -0.15) is 0 Å². The standard InChI is InChI=1S/C14H26F2N2O/c15-14(16)10-19-9-8-18-13-6-3-4-11(13)12-5-1-2-7-17-12/h11-14,17-18H,1-10H2. The summed E-state index contributed by atoms with van der Waals surface area (Å²) in [6, 6.07) is 1.18. The van der Waals surface area contributed by atoms with Crippen LogP contribution >= 0.6 is 0 Å². The Morgan fingerprint density at radius 2 is 2.05 bits per heavy atom. The van der Waals surface area contributed by atoms with E-state index in [0.29, 0.717) is 31.2 Å². The number of rotatable bonds is 7. The molecule has 0 aromatic carbocycles. The van der Waals surface area contributed by atoms with Crippen LogP contribution in [-0.4, -0.2) is 44.8 Å². The van der Waals surface area contributed by atoms with Gasteiger partial charge in [-0.15, -0.1) is 0 Å². The number of hydrogen-bond donors (Lipinski definition) is 2. The smallest absolute Gasteiger partial charge is 0.261 e. The van der Waals surface area contributed by atoms with E-state index in [-0.39, 0.29) is 0 Å². The van der Waals surface area contributed by atoms with Crippen LogP contribution in [0, 0.1) is 5.92 Å². The number of hydrogen-bond acceptors (Lipinski definition) is 3. The van der Waals surface area contributed by atoms with E-state index in [4.69, 9.17) is 4.74 Å². The number of halogens is 2. The Balaban J connectivity index is 1.64. The van der Waals surface area contributed by atoms with Crippen molar-refractivity contribution in [3.8, 4) is 0 Å². The first kappa shape index (κ1) is 15.1. The summed E-state index contributed by atoms with van der Waals surface area (Å²) in [5.74, 6) is 0.704. The van der Waals surface area contributed by atoms with E-state index in [1.54, 1.807) is 0 Å². The third kappa shape index (κ3) is 4.97. The summed E-state index contributed by atoms with van der Waals surface area (Å²) in [5.41, 5.74) is 0. The summed E-state index contributed by atoms with van der Waals surface area (Å²) in [4.78, 5) is 0. The average Bonchev–Trinajstić information content (AvgIpc) is 2.87. The second-order valence-corrected chi connectivity index (χ2v) is 5.68. The van der Waals surface area contributed by atoms with Gasteiger partial charge in [0.2, 0.25) is 0 Å². The van der Waals surface area contributed by atoms with Gasteiger partial charge in [0.05, 0.1) is 6.61 Å². The summed E-state index contributed by atoms with van der Waals surface area (Å²) < 4.78 is 28.7. The molecule has 2 rings (SSSR count). The van der Waals surface area contributed by atoms with Gasteiger partial charge < -0.3 is 15.4 Å². The summed E-state index contributed by atoms with van der Waals surface area (Å²) in [6.45, 7) is 1.76. The van der Waals surface area contributed by atoms with Crippen molar-refractivity contribution in [1.82, 2.24) is 10.6 Å². The second kappa shape index (κ2) is 8.12. The van der Waals surface area contributed by atoms with Crippen LogP contribution < -0.4 is 10.6 Å². The van der Waals surface area contributed by atoms with Crippen LogP contribution in [0.2, 0.25) is 0 Å². The van der Waals surface area contributed by atoms with Crippen molar-refractivity contribution in [2.24, 2.45) is 5.92 Å². The summed E-state index contributed by atoms with van der Waals surface area (Å²) >= 11 is 0. The number of alkyl halides is 2. The van der Waals surface area contributed by atoms with Gasteiger partial charge in [0, 0.05) is 18.6 Å². The molecular weight excluding hydrogens is 250 g/mol. The molecule has 2 aliphatic rings. The zero-order valence-corrected chi connectivity index (χ0v) is 11.5. The molecule has 0 radical (unpaired) electrons. The third-order valence-electron chi connectivity index (χ3n) is 4.33. The quantitative estimate of drug-likeness (QED) is 0.699. The van der Waals surface area contributed by atoms with Crippen molar-refractivity contribution in [2.75, 3.05) is 26.3 Å². The van der Waals surface area contributed by atoms with Gasteiger partial charge >= 0.3 is 0 Å². The van der Waals surface area contributed by atoms with Gasteiger partial charge in [0.15, 0.2) is 0 Å². The van der Waals surface area contributed by atoms with Crippen LogP contribution in [-0.2, 0) is 4.74 Å². The van der Waals surface area contributed by atoms with Crippen molar-refractivity contribution in [3.05, 3.63) is 0 Å². The van der Waals surface area contributed by atoms with Gasteiger partial charge in [-0.1, -0.05) is 12.8 Å². The first-order chi connectivity index (χ1) is 9.27. The predicted molar refractivity (Wildman–Crippen MR) is 71.6 cm³/mol. The molecule has 0 aromatic rings. The fraction of sp³-hybridized carbons (Fsp3) is 1.00. The number of piperidine rings is 1. The molecule has 3 atom stereocenters. The molecule has 1 saturated heterocycles. The van der Waals surface area contributed by atoms with Crippen molar-refractivity contribution in [3.63, 3.8) is 0 Å². The van der Waals surface area contributed by atoms with Crippen molar-refractivity contribution >= 4 is 0 Å². The molecule has 0 aromatic heterocycles. The van der Waals surface area contributed by atoms with Gasteiger partial charge in [0.25, 0.3) is 6.43 Å². The molecule has 0 amide bonds. The zero-order chi connectivity index (χ0) is 13.5. The lowest BCUT2D eigenvalue weighted by Crippen LogP contribution is -2.47. The fourth-order valence-corrected chi connectivity index (χ4v) is 3.46. The van der Waals surface area contributed by atoms with Gasteiger partial charge in [-0.05, 0) is 38.1 Å². The molecule has 1 aliphatic heterocycles. The maximum atomic E-state index is 11.9. The molecule has 1 aliphatic carbocycles. The minimum atomic E-state index is -2.36. The maximum Gasteiger partial charge on any atom is 0.261 e. The van der Waals surface area contributed by atoms with Crippen LogP contribution in [0.1, 0.15) is 38.5 Å². The van der Waals surface area contributed by atoms with Crippen LogP contribution in [0.3, 0.4) is 0 Å². The molecule has 2 N–H and O–H groups in total. The predicted octanol–water partition coefficient (Wildman–Crippen LogP) is 2.17. The lowest BCUT2D eigenvalue weighted by molar-refractivity contribution is 0.0178. The molecule has 19 heavy (non-hydrogen) atoms. The van der Waals surface area contributed by atoms with E-state index in [2.05, 4.69) is 10.6 Å². The highest BCUT2D eigenvalue weighted by molar-refractivity contribution is 4.92. The highest BCUT2D eigenvalue weighted by Gasteiger charge is 2.33. The van der Waals surface area contributed by atoms with Crippen LogP contribution in [0.4, 0.5) is 8.78 Å². The molecule has 0 bridgehead atoms. The van der Waals surface area contributed by atoms with Crippen LogP contribution in [0.5, 0.6) is 0 Å². The Bertz CT molecular complexity index is 248. The van der Waals surface area contributed by atoms with Crippen molar-refractivity contribution in [2.45, 2.75) is 57.0 Å². The van der Waals surface area contributed by atoms with Crippen molar-refractivity contribution < 1.29 is 13.5 Å². The lowest BCUT2D eigenvalue weighted by Gasteiger charge is -2.33. The summed E-state index contributed by atoms with van der Waals surface area (Å²) in [7, 11) is 0. The van der Waals surface area contributed by atoms with E-state index in [0.717, 1.165) is 6.54 Å². The molecule has 0 spiro atoms. The SMILES string of the molecule is FC(F)COCCNC1CCCC1C1CCCCN1. The molecule has 5 heteroatoms. The van der Waals surface area contributed by atoms with E-state index in [9.17, 15) is 8.78 Å². The minimum Gasteiger partial charge on any atom is -0.374 e. The third-order valence-corrected chi connectivity index (χ3v) is 4.33. The largest absolute Gasteiger partial charge is 0.374 e. The maximum absolute atomic E-state index is 11.9. The first-order valence-electron chi connectivity index (χ1n) is 7.60. The highest BCUT2D eigenvalue weighted by Crippen LogP contribution is 2.31. The first-order valence-corrected chi connectivity index (χ1v) is 7.60. The van der Waals surface area contributed by atoms with Crippen molar-refractivity contribution in [1.29, 1.82) is 0 Å². The van der Waals surface area contributed by atoms with E-state index in [1.807, 2.05) is 0 Å². The van der Waals surface area contributed by atoms with Crippen LogP contribution in [0.25, 0.3) is 0 Å². The number of ether oxygens (including phenoxy) is 1. The highest BCUT2D eigenvalue weighted by atomic mass is 19.3.